The van der Waals surface area contributed by atoms with Crippen molar-refractivity contribution >= 4 is 5.69 Å². The van der Waals surface area contributed by atoms with Gasteiger partial charge in [-0.3, -0.25) is 0 Å². The molecule has 0 radical (unpaired) electrons. The molecule has 0 aliphatic heterocycles. The van der Waals surface area contributed by atoms with Crippen LogP contribution in [0.25, 0.3) is 11.1 Å². The van der Waals surface area contributed by atoms with Crippen LogP contribution in [0, 0.1) is 0 Å². The molecule has 1 heteroatoms. The highest BCUT2D eigenvalue weighted by Crippen LogP contribution is 2.29. The Bertz CT molecular complexity index is 515. The summed E-state index contributed by atoms with van der Waals surface area (Å²) in [5.74, 6) is 0. The Morgan fingerprint density at radius 3 is 2.18 bits per heavy atom. The molecule has 0 atom stereocenters. The van der Waals surface area contributed by atoms with E-state index in [1.165, 1.54) is 22.3 Å². The second-order valence-corrected chi connectivity index (χ2v) is 4.28. The third-order valence-corrected chi connectivity index (χ3v) is 3.20. The number of anilines is 1. The summed E-state index contributed by atoms with van der Waals surface area (Å²) < 4.78 is 0. The summed E-state index contributed by atoms with van der Waals surface area (Å²) in [7, 11) is 0. The molecule has 2 aromatic rings. The van der Waals surface area contributed by atoms with Gasteiger partial charge in [-0.15, -0.1) is 0 Å². The molecule has 0 saturated carbocycles. The second-order valence-electron chi connectivity index (χ2n) is 4.28. The summed E-state index contributed by atoms with van der Waals surface area (Å²) in [4.78, 5) is 0. The van der Waals surface area contributed by atoms with Gasteiger partial charge in [0.05, 0.1) is 0 Å². The Balaban J connectivity index is 2.59. The molecule has 2 N–H and O–H groups in total. The van der Waals surface area contributed by atoms with Crippen molar-refractivity contribution in [3.63, 3.8) is 0 Å². The first-order chi connectivity index (χ1) is 8.26. The van der Waals surface area contributed by atoms with Crippen molar-refractivity contribution in [1.29, 1.82) is 0 Å². The Labute approximate surface area is 103 Å². The summed E-state index contributed by atoms with van der Waals surface area (Å²) in [5, 5.41) is 0. The van der Waals surface area contributed by atoms with E-state index in [0.29, 0.717) is 0 Å². The highest BCUT2D eigenvalue weighted by Gasteiger charge is 2.07. The van der Waals surface area contributed by atoms with E-state index in [2.05, 4.69) is 50.2 Å². The smallest absolute Gasteiger partial charge is 0.0317 e. The lowest BCUT2D eigenvalue weighted by Gasteiger charge is -2.12. The van der Waals surface area contributed by atoms with E-state index in [4.69, 9.17) is 5.73 Å². The summed E-state index contributed by atoms with van der Waals surface area (Å²) in [6.45, 7) is 4.37. The molecule has 2 rings (SSSR count). The molecule has 0 saturated heterocycles. The minimum absolute atomic E-state index is 0.847. The van der Waals surface area contributed by atoms with Gasteiger partial charge in [-0.1, -0.05) is 44.2 Å². The molecule has 0 aliphatic rings. The van der Waals surface area contributed by atoms with E-state index < -0.39 is 0 Å². The fourth-order valence-corrected chi connectivity index (χ4v) is 2.26. The van der Waals surface area contributed by atoms with Crippen molar-refractivity contribution in [3.05, 3.63) is 53.6 Å². The Kier molecular flexibility index (Phi) is 3.48. The molecular formula is C16H19N. The van der Waals surface area contributed by atoms with Crippen LogP contribution < -0.4 is 5.73 Å². The van der Waals surface area contributed by atoms with Gasteiger partial charge in [-0.25, -0.2) is 0 Å². The average Bonchev–Trinajstić information content (AvgIpc) is 2.38. The van der Waals surface area contributed by atoms with Gasteiger partial charge < -0.3 is 5.73 Å². The van der Waals surface area contributed by atoms with E-state index in [-0.39, 0.29) is 0 Å². The molecular weight excluding hydrogens is 206 g/mol. The summed E-state index contributed by atoms with van der Waals surface area (Å²) in [6.07, 6.45) is 2.07. The van der Waals surface area contributed by atoms with Crippen LogP contribution in [0.4, 0.5) is 5.69 Å². The molecule has 0 heterocycles. The van der Waals surface area contributed by atoms with Crippen molar-refractivity contribution in [2.24, 2.45) is 0 Å². The fourth-order valence-electron chi connectivity index (χ4n) is 2.26. The number of nitrogen functional groups attached to an aromatic ring is 1. The van der Waals surface area contributed by atoms with Gasteiger partial charge in [0.25, 0.3) is 0 Å². The SMILES string of the molecule is CCc1ccccc1-c1ccc(N)cc1CC. The van der Waals surface area contributed by atoms with Crippen molar-refractivity contribution in [1.82, 2.24) is 0 Å². The third kappa shape index (κ3) is 2.33. The zero-order chi connectivity index (χ0) is 12.3. The molecule has 17 heavy (non-hydrogen) atoms. The average molecular weight is 225 g/mol. The van der Waals surface area contributed by atoms with Gasteiger partial charge in [-0.2, -0.15) is 0 Å². The van der Waals surface area contributed by atoms with E-state index in [9.17, 15) is 0 Å². The van der Waals surface area contributed by atoms with Crippen LogP contribution in [-0.2, 0) is 12.8 Å². The largest absolute Gasteiger partial charge is 0.399 e. The highest BCUT2D eigenvalue weighted by atomic mass is 14.5. The zero-order valence-electron chi connectivity index (χ0n) is 10.5. The first kappa shape index (κ1) is 11.7. The van der Waals surface area contributed by atoms with Crippen LogP contribution in [0.5, 0.6) is 0 Å². The van der Waals surface area contributed by atoms with Gasteiger partial charge in [0.1, 0.15) is 0 Å². The number of nitrogens with two attached hydrogens (primary N) is 1. The molecule has 88 valence electrons. The summed E-state index contributed by atoms with van der Waals surface area (Å²) in [6, 6.07) is 14.8. The first-order valence-electron chi connectivity index (χ1n) is 6.23. The van der Waals surface area contributed by atoms with Gasteiger partial charge in [-0.05, 0) is 47.2 Å². The van der Waals surface area contributed by atoms with Crippen LogP contribution in [0.15, 0.2) is 42.5 Å². The van der Waals surface area contributed by atoms with E-state index >= 15 is 0 Å². The van der Waals surface area contributed by atoms with Gasteiger partial charge in [0.2, 0.25) is 0 Å². The molecule has 0 unspecified atom stereocenters. The lowest BCUT2D eigenvalue weighted by molar-refractivity contribution is 1.12. The maximum absolute atomic E-state index is 5.85. The van der Waals surface area contributed by atoms with Gasteiger partial charge in [0.15, 0.2) is 0 Å². The fraction of sp³-hybridized carbons (Fsp3) is 0.250. The molecule has 0 amide bonds. The molecule has 0 fully saturated rings. The summed E-state index contributed by atoms with van der Waals surface area (Å²) >= 11 is 0. The molecule has 0 bridgehead atoms. The van der Waals surface area contributed by atoms with E-state index in [1.54, 1.807) is 0 Å². The Morgan fingerprint density at radius 2 is 1.47 bits per heavy atom. The van der Waals surface area contributed by atoms with Crippen LogP contribution >= 0.6 is 0 Å². The predicted molar refractivity (Wildman–Crippen MR) is 75.0 cm³/mol. The van der Waals surface area contributed by atoms with Crippen LogP contribution in [0.2, 0.25) is 0 Å². The number of benzene rings is 2. The minimum atomic E-state index is 0.847. The van der Waals surface area contributed by atoms with Crippen LogP contribution in [0.1, 0.15) is 25.0 Å². The van der Waals surface area contributed by atoms with E-state index in [1.807, 2.05) is 6.07 Å². The van der Waals surface area contributed by atoms with Gasteiger partial charge >= 0.3 is 0 Å². The Morgan fingerprint density at radius 1 is 0.824 bits per heavy atom. The lowest BCUT2D eigenvalue weighted by Crippen LogP contribution is -1.94. The lowest BCUT2D eigenvalue weighted by atomic mass is 9.93. The number of hydrogen-bond acceptors (Lipinski definition) is 1. The third-order valence-electron chi connectivity index (χ3n) is 3.20. The summed E-state index contributed by atoms with van der Waals surface area (Å²) in [5.41, 5.74) is 12.1. The number of rotatable bonds is 3. The van der Waals surface area contributed by atoms with Crippen molar-refractivity contribution in [2.45, 2.75) is 26.7 Å². The monoisotopic (exact) mass is 225 g/mol. The predicted octanol–water partition coefficient (Wildman–Crippen LogP) is 4.06. The van der Waals surface area contributed by atoms with Crippen molar-refractivity contribution in [3.8, 4) is 11.1 Å². The van der Waals surface area contributed by atoms with Crippen molar-refractivity contribution < 1.29 is 0 Å². The quantitative estimate of drug-likeness (QED) is 0.783. The number of hydrogen-bond donors (Lipinski definition) is 1. The second kappa shape index (κ2) is 5.05. The molecule has 0 spiro atoms. The Hall–Kier alpha value is -1.76. The molecule has 0 aromatic heterocycles. The standard InChI is InChI=1S/C16H19N/c1-3-12-7-5-6-8-15(12)16-10-9-14(17)11-13(16)4-2/h5-11H,3-4,17H2,1-2H3. The van der Waals surface area contributed by atoms with Gasteiger partial charge in [0, 0.05) is 5.69 Å². The first-order valence-corrected chi connectivity index (χ1v) is 6.23. The normalized spacial score (nSPS) is 10.5. The maximum atomic E-state index is 5.85. The van der Waals surface area contributed by atoms with E-state index in [0.717, 1.165) is 18.5 Å². The van der Waals surface area contributed by atoms with Crippen LogP contribution in [0.3, 0.4) is 0 Å². The maximum Gasteiger partial charge on any atom is 0.0317 e. The zero-order valence-corrected chi connectivity index (χ0v) is 10.5. The molecule has 1 nitrogen and oxygen atoms in total. The number of aryl methyl sites for hydroxylation is 2. The van der Waals surface area contributed by atoms with Crippen LogP contribution in [-0.4, -0.2) is 0 Å². The molecule has 2 aromatic carbocycles. The topological polar surface area (TPSA) is 26.0 Å². The van der Waals surface area contributed by atoms with Crippen molar-refractivity contribution in [2.75, 3.05) is 5.73 Å². The minimum Gasteiger partial charge on any atom is -0.399 e. The molecule has 0 aliphatic carbocycles. The highest BCUT2D eigenvalue weighted by molar-refractivity contribution is 5.72.